The topological polar surface area (TPSA) is 143 Å². The lowest BCUT2D eigenvalue weighted by Gasteiger charge is -2.17. The van der Waals surface area contributed by atoms with E-state index in [1.54, 1.807) is 0 Å². The number of anilines is 1. The van der Waals surface area contributed by atoms with Gasteiger partial charge >= 0.3 is 11.8 Å². The Hall–Kier alpha value is -3.31. The molecule has 10 heteroatoms. The zero-order valence-electron chi connectivity index (χ0n) is 16.3. The molecule has 4 rings (SSSR count). The molecule has 0 bridgehead atoms. The number of aromatic nitrogens is 2. The van der Waals surface area contributed by atoms with Gasteiger partial charge in [-0.3, -0.25) is 9.88 Å². The van der Waals surface area contributed by atoms with E-state index in [9.17, 15) is 19.8 Å². The van der Waals surface area contributed by atoms with Gasteiger partial charge in [0.05, 0.1) is 6.61 Å². The van der Waals surface area contributed by atoms with Crippen LogP contribution in [0.15, 0.2) is 59.5 Å². The number of nitrogens with zero attached hydrogens (tertiary/aromatic N) is 2. The Morgan fingerprint density at radius 3 is 2.65 bits per heavy atom. The molecule has 4 unspecified atom stereocenters. The van der Waals surface area contributed by atoms with Crippen LogP contribution in [-0.2, 0) is 16.1 Å². The largest absolute Gasteiger partial charge is 0.444 e. The number of aliphatic hydroxyl groups excluding tert-OH is 3. The summed E-state index contributed by atoms with van der Waals surface area (Å²) in [7, 11) is 0. The summed E-state index contributed by atoms with van der Waals surface area (Å²) in [4.78, 5) is 28.2. The minimum absolute atomic E-state index is 0.0345. The molecule has 2 heterocycles. The van der Waals surface area contributed by atoms with Gasteiger partial charge in [-0.1, -0.05) is 42.5 Å². The number of benzene rings is 2. The van der Waals surface area contributed by atoms with Gasteiger partial charge in [-0.2, -0.15) is 4.98 Å². The molecule has 1 saturated heterocycles. The van der Waals surface area contributed by atoms with E-state index in [4.69, 9.17) is 14.6 Å². The van der Waals surface area contributed by atoms with E-state index < -0.39 is 42.9 Å². The van der Waals surface area contributed by atoms with Crippen LogP contribution >= 0.6 is 0 Å². The van der Waals surface area contributed by atoms with Gasteiger partial charge in [0.15, 0.2) is 6.23 Å². The summed E-state index contributed by atoms with van der Waals surface area (Å²) in [5.41, 5.74) is 0.0164. The molecule has 1 aliphatic heterocycles. The number of rotatable bonds is 5. The van der Waals surface area contributed by atoms with Gasteiger partial charge < -0.3 is 24.8 Å². The van der Waals surface area contributed by atoms with Crippen LogP contribution in [0.25, 0.3) is 10.8 Å². The van der Waals surface area contributed by atoms with Gasteiger partial charge in [0, 0.05) is 6.20 Å². The molecule has 1 aliphatic rings. The lowest BCUT2D eigenvalue weighted by atomic mass is 10.1. The number of aliphatic hydroxyl groups is 3. The zero-order chi connectivity index (χ0) is 22.0. The van der Waals surface area contributed by atoms with Crippen molar-refractivity contribution in [2.24, 2.45) is 0 Å². The van der Waals surface area contributed by atoms with Gasteiger partial charge in [0.25, 0.3) is 0 Å². The Morgan fingerprint density at radius 2 is 1.90 bits per heavy atom. The lowest BCUT2D eigenvalue weighted by Crippen LogP contribution is -2.36. The summed E-state index contributed by atoms with van der Waals surface area (Å²) in [6.45, 7) is -0.480. The molecule has 0 aliphatic carbocycles. The molecule has 4 N–H and O–H groups in total. The second-order valence-corrected chi connectivity index (χ2v) is 7.07. The average molecular weight is 427 g/mol. The normalized spacial score (nSPS) is 23.1. The number of carbonyl (C=O) groups excluding carboxylic acids is 1. The van der Waals surface area contributed by atoms with Gasteiger partial charge in [-0.25, -0.2) is 9.59 Å². The van der Waals surface area contributed by atoms with E-state index in [2.05, 4.69) is 10.3 Å². The maximum absolute atomic E-state index is 12.3. The molecular weight excluding hydrogens is 406 g/mol. The van der Waals surface area contributed by atoms with Crippen molar-refractivity contribution < 1.29 is 29.6 Å². The number of ether oxygens (including phenoxy) is 2. The Balaban J connectivity index is 1.41. The highest BCUT2D eigenvalue weighted by Gasteiger charge is 2.43. The number of fused-ring (bicyclic) bond motifs is 1. The van der Waals surface area contributed by atoms with Gasteiger partial charge in [0.2, 0.25) is 0 Å². The van der Waals surface area contributed by atoms with Crippen molar-refractivity contribution in [3.8, 4) is 0 Å². The molecule has 0 spiro atoms. The number of hydrogen-bond donors (Lipinski definition) is 4. The van der Waals surface area contributed by atoms with Gasteiger partial charge in [0.1, 0.15) is 30.7 Å². The fourth-order valence-electron chi connectivity index (χ4n) is 3.49. The van der Waals surface area contributed by atoms with Crippen molar-refractivity contribution in [2.75, 3.05) is 11.9 Å². The van der Waals surface area contributed by atoms with Crippen LogP contribution in [0.1, 0.15) is 11.8 Å². The Labute approximate surface area is 176 Å². The summed E-state index contributed by atoms with van der Waals surface area (Å²) in [6.07, 6.45) is -4.51. The van der Waals surface area contributed by atoms with Crippen molar-refractivity contribution in [3.63, 3.8) is 0 Å². The molecule has 162 valence electrons. The van der Waals surface area contributed by atoms with E-state index in [0.29, 0.717) is 0 Å². The van der Waals surface area contributed by atoms with Crippen LogP contribution in [0.3, 0.4) is 0 Å². The zero-order valence-corrected chi connectivity index (χ0v) is 16.3. The van der Waals surface area contributed by atoms with E-state index in [0.717, 1.165) is 20.9 Å². The quantitative estimate of drug-likeness (QED) is 0.467. The Kier molecular flexibility index (Phi) is 5.96. The first kappa shape index (κ1) is 20.9. The number of carbonyl (C=O) groups is 1. The SMILES string of the molecule is O=C(Nc1ccn(C2OC(CO)C(O)C2O)c(=O)n1)OCc1cccc2ccccc12. The average Bonchev–Trinajstić information content (AvgIpc) is 3.06. The Morgan fingerprint density at radius 1 is 1.13 bits per heavy atom. The molecule has 4 atom stereocenters. The molecule has 10 nitrogen and oxygen atoms in total. The van der Waals surface area contributed by atoms with Crippen LogP contribution in [0.5, 0.6) is 0 Å². The van der Waals surface area contributed by atoms with Crippen LogP contribution in [0, 0.1) is 0 Å². The van der Waals surface area contributed by atoms with Crippen molar-refractivity contribution >= 4 is 22.7 Å². The van der Waals surface area contributed by atoms with Crippen molar-refractivity contribution in [1.29, 1.82) is 0 Å². The minimum atomic E-state index is -1.42. The molecule has 3 aromatic rings. The summed E-state index contributed by atoms with van der Waals surface area (Å²) < 4.78 is 11.5. The molecule has 1 fully saturated rings. The second-order valence-electron chi connectivity index (χ2n) is 7.07. The van der Waals surface area contributed by atoms with E-state index in [-0.39, 0.29) is 12.4 Å². The molecule has 1 aromatic heterocycles. The smallest absolute Gasteiger partial charge is 0.413 e. The van der Waals surface area contributed by atoms with Crippen LogP contribution in [-0.4, -0.2) is 55.9 Å². The first-order chi connectivity index (χ1) is 15.0. The highest BCUT2D eigenvalue weighted by molar-refractivity contribution is 5.86. The van der Waals surface area contributed by atoms with Crippen molar-refractivity contribution in [1.82, 2.24) is 9.55 Å². The number of hydrogen-bond acceptors (Lipinski definition) is 8. The predicted octanol–water partition coefficient (Wildman–Crippen LogP) is 0.757. The highest BCUT2D eigenvalue weighted by Crippen LogP contribution is 2.28. The van der Waals surface area contributed by atoms with Crippen LogP contribution in [0.2, 0.25) is 0 Å². The van der Waals surface area contributed by atoms with E-state index >= 15 is 0 Å². The third-order valence-corrected chi connectivity index (χ3v) is 5.09. The van der Waals surface area contributed by atoms with Crippen LogP contribution < -0.4 is 11.0 Å². The van der Waals surface area contributed by atoms with Crippen molar-refractivity contribution in [3.05, 3.63) is 70.8 Å². The molecule has 31 heavy (non-hydrogen) atoms. The number of nitrogens with one attached hydrogen (secondary N) is 1. The molecule has 2 aromatic carbocycles. The van der Waals surface area contributed by atoms with Crippen molar-refractivity contribution in [2.45, 2.75) is 31.1 Å². The fourth-order valence-corrected chi connectivity index (χ4v) is 3.49. The highest BCUT2D eigenvalue weighted by atomic mass is 16.6. The third kappa shape index (κ3) is 4.28. The molecule has 0 radical (unpaired) electrons. The lowest BCUT2D eigenvalue weighted by molar-refractivity contribution is -0.0549. The summed E-state index contributed by atoms with van der Waals surface area (Å²) in [5.74, 6) is -0.0455. The monoisotopic (exact) mass is 427 g/mol. The van der Waals surface area contributed by atoms with Gasteiger partial charge in [-0.15, -0.1) is 0 Å². The molecular formula is C21H21N3O7. The number of amides is 1. The minimum Gasteiger partial charge on any atom is -0.444 e. The maximum Gasteiger partial charge on any atom is 0.413 e. The Bertz CT molecular complexity index is 1140. The predicted molar refractivity (Wildman–Crippen MR) is 109 cm³/mol. The molecule has 0 saturated carbocycles. The fraction of sp³-hybridized carbons (Fsp3) is 0.286. The summed E-state index contributed by atoms with van der Waals surface area (Å²) >= 11 is 0. The van der Waals surface area contributed by atoms with Crippen LogP contribution in [0.4, 0.5) is 10.6 Å². The summed E-state index contributed by atoms with van der Waals surface area (Å²) in [6, 6.07) is 14.7. The third-order valence-electron chi connectivity index (χ3n) is 5.09. The van der Waals surface area contributed by atoms with Gasteiger partial charge in [-0.05, 0) is 22.4 Å². The second kappa shape index (κ2) is 8.82. The van der Waals surface area contributed by atoms with E-state index in [1.165, 1.54) is 12.3 Å². The maximum atomic E-state index is 12.3. The molecule has 1 amide bonds. The first-order valence-electron chi connectivity index (χ1n) is 9.60. The standard InChI is InChI=1S/C21H21N3O7/c25-10-15-17(26)18(27)19(31-15)24-9-8-16(22-20(24)28)23-21(29)30-11-13-6-3-5-12-4-1-2-7-14(12)13/h1-9,15,17-19,25-27H,10-11H2,(H,22,23,28,29). The van der Waals surface area contributed by atoms with E-state index in [1.807, 2.05) is 42.5 Å². The first-order valence-corrected chi connectivity index (χ1v) is 9.60. The summed E-state index contributed by atoms with van der Waals surface area (Å²) in [5, 5.41) is 33.4.